The molecule has 0 heteroatoms. The molecule has 0 unspecified atom stereocenters. The van der Waals surface area contributed by atoms with Gasteiger partial charge in [0.15, 0.2) is 0 Å². The quantitative estimate of drug-likeness (QED) is 0.636. The zero-order valence-electron chi connectivity index (χ0n) is 9.02. The Morgan fingerprint density at radius 2 is 2.08 bits per heavy atom. The van der Waals surface area contributed by atoms with Crippen molar-refractivity contribution in [2.45, 2.75) is 34.1 Å². The molecule has 0 aliphatic heterocycles. The SMILES string of the molecule is C/C=C(/C)c1ccc(C)cc1CC. The van der Waals surface area contributed by atoms with E-state index < -0.39 is 0 Å². The second kappa shape index (κ2) is 4.27. The van der Waals surface area contributed by atoms with E-state index in [4.69, 9.17) is 0 Å². The lowest BCUT2D eigenvalue weighted by Crippen LogP contribution is -1.90. The Morgan fingerprint density at radius 1 is 1.38 bits per heavy atom. The van der Waals surface area contributed by atoms with Crippen LogP contribution in [0, 0.1) is 6.92 Å². The van der Waals surface area contributed by atoms with E-state index in [0.717, 1.165) is 6.42 Å². The predicted molar refractivity (Wildman–Crippen MR) is 59.9 cm³/mol. The zero-order chi connectivity index (χ0) is 9.84. The lowest BCUT2D eigenvalue weighted by Gasteiger charge is -2.08. The Balaban J connectivity index is 3.21. The minimum Gasteiger partial charge on any atom is -0.0841 e. The standard InChI is InChI=1S/C13H18/c1-5-11(4)13-8-7-10(3)9-12(13)6-2/h5,7-9H,6H2,1-4H3/b11-5-. The first kappa shape index (κ1) is 10.0. The van der Waals surface area contributed by atoms with Gasteiger partial charge in [0.05, 0.1) is 0 Å². The third-order valence-electron chi connectivity index (χ3n) is 2.50. The van der Waals surface area contributed by atoms with E-state index >= 15 is 0 Å². The summed E-state index contributed by atoms with van der Waals surface area (Å²) in [5.74, 6) is 0. The Bertz CT molecular complexity index is 319. The Labute approximate surface area is 81.3 Å². The summed E-state index contributed by atoms with van der Waals surface area (Å²) >= 11 is 0. The first-order valence-electron chi connectivity index (χ1n) is 4.91. The minimum atomic E-state index is 1.11. The summed E-state index contributed by atoms with van der Waals surface area (Å²) < 4.78 is 0. The van der Waals surface area contributed by atoms with E-state index in [1.165, 1.54) is 22.3 Å². The lowest BCUT2D eigenvalue weighted by atomic mass is 9.97. The Morgan fingerprint density at radius 3 is 2.62 bits per heavy atom. The number of allylic oxidation sites excluding steroid dienone is 2. The molecule has 70 valence electrons. The third kappa shape index (κ3) is 2.21. The summed E-state index contributed by atoms with van der Waals surface area (Å²) in [5, 5.41) is 0. The molecule has 0 aromatic heterocycles. The van der Waals surface area contributed by atoms with Crippen molar-refractivity contribution in [2.75, 3.05) is 0 Å². The number of hydrogen-bond donors (Lipinski definition) is 0. The molecule has 0 radical (unpaired) electrons. The van der Waals surface area contributed by atoms with Crippen LogP contribution < -0.4 is 0 Å². The van der Waals surface area contributed by atoms with Crippen molar-refractivity contribution in [3.8, 4) is 0 Å². The number of hydrogen-bond acceptors (Lipinski definition) is 0. The van der Waals surface area contributed by atoms with Gasteiger partial charge in [-0.3, -0.25) is 0 Å². The van der Waals surface area contributed by atoms with Crippen molar-refractivity contribution in [3.63, 3.8) is 0 Å². The molecule has 1 aromatic rings. The molecule has 1 aromatic carbocycles. The molecular weight excluding hydrogens is 156 g/mol. The molecule has 0 N–H and O–H groups in total. The van der Waals surface area contributed by atoms with Gasteiger partial charge in [0.1, 0.15) is 0 Å². The molecule has 13 heavy (non-hydrogen) atoms. The molecule has 1 rings (SSSR count). The zero-order valence-corrected chi connectivity index (χ0v) is 9.02. The number of aryl methyl sites for hydroxylation is 2. The molecule has 0 spiro atoms. The summed E-state index contributed by atoms with van der Waals surface area (Å²) in [7, 11) is 0. The van der Waals surface area contributed by atoms with E-state index in [1.807, 2.05) is 0 Å². The molecule has 0 aliphatic rings. The minimum absolute atomic E-state index is 1.11. The largest absolute Gasteiger partial charge is 0.0841 e. The highest BCUT2D eigenvalue weighted by Crippen LogP contribution is 2.20. The highest BCUT2D eigenvalue weighted by molar-refractivity contribution is 5.66. The molecule has 0 saturated heterocycles. The molecule has 0 heterocycles. The van der Waals surface area contributed by atoms with Crippen LogP contribution in [0.25, 0.3) is 5.57 Å². The monoisotopic (exact) mass is 174 g/mol. The molecule has 0 atom stereocenters. The van der Waals surface area contributed by atoms with Gasteiger partial charge in [-0.2, -0.15) is 0 Å². The van der Waals surface area contributed by atoms with Gasteiger partial charge in [-0.05, 0) is 43.9 Å². The highest BCUT2D eigenvalue weighted by Gasteiger charge is 2.01. The van der Waals surface area contributed by atoms with Crippen LogP contribution in [-0.4, -0.2) is 0 Å². The van der Waals surface area contributed by atoms with E-state index in [9.17, 15) is 0 Å². The molecule has 0 amide bonds. The number of benzene rings is 1. The average Bonchev–Trinajstić information content (AvgIpc) is 2.16. The van der Waals surface area contributed by atoms with Gasteiger partial charge in [0, 0.05) is 0 Å². The normalized spacial score (nSPS) is 11.8. The van der Waals surface area contributed by atoms with Crippen LogP contribution in [0.4, 0.5) is 0 Å². The van der Waals surface area contributed by atoms with Gasteiger partial charge in [-0.15, -0.1) is 0 Å². The fourth-order valence-electron chi connectivity index (χ4n) is 1.56. The van der Waals surface area contributed by atoms with Crippen LogP contribution >= 0.6 is 0 Å². The molecule has 0 aliphatic carbocycles. The summed E-state index contributed by atoms with van der Waals surface area (Å²) in [6, 6.07) is 6.69. The van der Waals surface area contributed by atoms with Gasteiger partial charge in [0.25, 0.3) is 0 Å². The second-order valence-corrected chi connectivity index (χ2v) is 3.49. The van der Waals surface area contributed by atoms with Gasteiger partial charge < -0.3 is 0 Å². The van der Waals surface area contributed by atoms with E-state index in [1.54, 1.807) is 0 Å². The number of rotatable bonds is 2. The van der Waals surface area contributed by atoms with Crippen molar-refractivity contribution in [3.05, 3.63) is 41.0 Å². The van der Waals surface area contributed by atoms with Crippen molar-refractivity contribution in [2.24, 2.45) is 0 Å². The van der Waals surface area contributed by atoms with Crippen LogP contribution in [0.2, 0.25) is 0 Å². The molecule has 0 saturated carbocycles. The van der Waals surface area contributed by atoms with Crippen molar-refractivity contribution < 1.29 is 0 Å². The summed E-state index contributed by atoms with van der Waals surface area (Å²) in [6.45, 7) is 8.62. The van der Waals surface area contributed by atoms with Crippen LogP contribution in [0.5, 0.6) is 0 Å². The van der Waals surface area contributed by atoms with Gasteiger partial charge in [-0.1, -0.05) is 36.8 Å². The second-order valence-electron chi connectivity index (χ2n) is 3.49. The van der Waals surface area contributed by atoms with Crippen molar-refractivity contribution >= 4 is 5.57 Å². The lowest BCUT2D eigenvalue weighted by molar-refractivity contribution is 1.12. The van der Waals surface area contributed by atoms with Crippen molar-refractivity contribution in [1.29, 1.82) is 0 Å². The average molecular weight is 174 g/mol. The van der Waals surface area contributed by atoms with Crippen LogP contribution in [0.3, 0.4) is 0 Å². The summed E-state index contributed by atoms with van der Waals surface area (Å²) in [4.78, 5) is 0. The maximum atomic E-state index is 2.28. The van der Waals surface area contributed by atoms with Gasteiger partial charge >= 0.3 is 0 Å². The third-order valence-corrected chi connectivity index (χ3v) is 2.50. The predicted octanol–water partition coefficient (Wildman–Crippen LogP) is 3.98. The van der Waals surface area contributed by atoms with Gasteiger partial charge in [0.2, 0.25) is 0 Å². The maximum absolute atomic E-state index is 2.28. The molecule has 0 bridgehead atoms. The first-order chi connectivity index (χ1) is 6.19. The Hall–Kier alpha value is -1.04. The smallest absolute Gasteiger partial charge is 0.0198 e. The topological polar surface area (TPSA) is 0 Å². The summed E-state index contributed by atoms with van der Waals surface area (Å²) in [5.41, 5.74) is 5.58. The molecule has 0 fully saturated rings. The van der Waals surface area contributed by atoms with Crippen LogP contribution in [-0.2, 0) is 6.42 Å². The van der Waals surface area contributed by atoms with E-state index in [2.05, 4.69) is 52.0 Å². The summed E-state index contributed by atoms with van der Waals surface area (Å²) in [6.07, 6.45) is 3.28. The molecule has 0 nitrogen and oxygen atoms in total. The fourth-order valence-corrected chi connectivity index (χ4v) is 1.56. The van der Waals surface area contributed by atoms with Crippen LogP contribution in [0.15, 0.2) is 24.3 Å². The molecular formula is C13H18. The first-order valence-corrected chi connectivity index (χ1v) is 4.91. The fraction of sp³-hybridized carbons (Fsp3) is 0.385. The highest BCUT2D eigenvalue weighted by atomic mass is 14.1. The van der Waals surface area contributed by atoms with Crippen molar-refractivity contribution in [1.82, 2.24) is 0 Å². The van der Waals surface area contributed by atoms with E-state index in [-0.39, 0.29) is 0 Å². The Kier molecular flexibility index (Phi) is 3.30. The maximum Gasteiger partial charge on any atom is -0.0198 e. The van der Waals surface area contributed by atoms with Gasteiger partial charge in [-0.25, -0.2) is 0 Å². The van der Waals surface area contributed by atoms with E-state index in [0.29, 0.717) is 0 Å². The van der Waals surface area contributed by atoms with Crippen LogP contribution in [0.1, 0.15) is 37.5 Å².